The second-order valence-corrected chi connectivity index (χ2v) is 7.74. The lowest BCUT2D eigenvalue weighted by Crippen LogP contribution is -2.33. The largest absolute Gasteiger partial charge is 0.339 e. The molecule has 0 atom stereocenters. The van der Waals surface area contributed by atoms with Gasteiger partial charge in [0.2, 0.25) is 5.91 Å². The van der Waals surface area contributed by atoms with Crippen molar-refractivity contribution in [3.05, 3.63) is 77.5 Å². The van der Waals surface area contributed by atoms with Crippen molar-refractivity contribution >= 4 is 29.4 Å². The number of nitrogens with zero attached hydrogens (tertiary/aromatic N) is 4. The minimum atomic E-state index is -0.442. The number of rotatable bonds is 8. The van der Waals surface area contributed by atoms with Crippen LogP contribution in [0, 0.1) is 0 Å². The molecule has 34 heavy (non-hydrogen) atoms. The summed E-state index contributed by atoms with van der Waals surface area (Å²) in [6, 6.07) is 15.7. The average Bonchev–Trinajstić information content (AvgIpc) is 3.38. The number of benzene rings is 2. The normalized spacial score (nSPS) is 12.6. The topological polar surface area (TPSA) is 105 Å². The predicted octanol–water partition coefficient (Wildman–Crippen LogP) is 2.98. The zero-order valence-corrected chi connectivity index (χ0v) is 19.0. The Morgan fingerprint density at radius 3 is 2.09 bits per heavy atom. The first-order valence-electron chi connectivity index (χ1n) is 11.1. The van der Waals surface area contributed by atoms with Gasteiger partial charge in [-0.1, -0.05) is 30.3 Å². The number of fused-ring (bicyclic) bond motifs is 1. The van der Waals surface area contributed by atoms with Crippen molar-refractivity contribution in [2.24, 2.45) is 0 Å². The van der Waals surface area contributed by atoms with Crippen molar-refractivity contribution in [2.45, 2.75) is 20.3 Å². The zero-order valence-electron chi connectivity index (χ0n) is 19.0. The van der Waals surface area contributed by atoms with Gasteiger partial charge >= 0.3 is 0 Å². The van der Waals surface area contributed by atoms with E-state index in [4.69, 9.17) is 0 Å². The molecule has 1 aliphatic heterocycles. The van der Waals surface area contributed by atoms with Gasteiger partial charge in [-0.05, 0) is 38.1 Å². The Morgan fingerprint density at radius 2 is 1.50 bits per heavy atom. The number of carbonyl (C=O) groups excluding carboxylic acids is 4. The highest BCUT2D eigenvalue weighted by Crippen LogP contribution is 2.24. The van der Waals surface area contributed by atoms with Gasteiger partial charge in [-0.3, -0.25) is 24.1 Å². The number of para-hydroxylation sites is 1. The third kappa shape index (κ3) is 4.19. The van der Waals surface area contributed by atoms with Crippen LogP contribution in [-0.2, 0) is 4.79 Å². The van der Waals surface area contributed by atoms with Gasteiger partial charge in [0.05, 0.1) is 23.0 Å². The highest BCUT2D eigenvalue weighted by molar-refractivity contribution is 6.21. The number of hydrogen-bond acceptors (Lipinski definition) is 5. The van der Waals surface area contributed by atoms with Crippen LogP contribution in [0.25, 0.3) is 5.69 Å². The van der Waals surface area contributed by atoms with Crippen LogP contribution in [0.15, 0.2) is 60.8 Å². The molecule has 9 heteroatoms. The summed E-state index contributed by atoms with van der Waals surface area (Å²) in [5.74, 6) is -1.28. The molecule has 4 rings (SSSR count). The van der Waals surface area contributed by atoms with E-state index in [-0.39, 0.29) is 30.3 Å². The molecule has 1 aromatic heterocycles. The molecule has 4 amide bonds. The number of aromatic nitrogens is 2. The molecule has 0 radical (unpaired) electrons. The molecule has 3 aromatic rings. The molecule has 0 bridgehead atoms. The van der Waals surface area contributed by atoms with Gasteiger partial charge in [-0.25, -0.2) is 4.68 Å². The average molecular weight is 460 g/mol. The van der Waals surface area contributed by atoms with E-state index >= 15 is 0 Å². The maximum atomic E-state index is 13.1. The standard InChI is InChI=1S/C25H25N5O4/c1-3-28(4-2)23(32)20-16-26-30(17-10-6-5-7-11-17)22(20)27-21(31)14-15-29-24(33)18-12-8-9-13-19(18)25(29)34/h5-13,16H,3-4,14-15H2,1-2H3,(H,27,31). The number of imide groups is 1. The van der Waals surface area contributed by atoms with Gasteiger partial charge in [0.1, 0.15) is 11.4 Å². The van der Waals surface area contributed by atoms with Gasteiger partial charge in [0, 0.05) is 26.1 Å². The maximum absolute atomic E-state index is 13.1. The van der Waals surface area contributed by atoms with Gasteiger partial charge in [-0.15, -0.1) is 0 Å². The Bertz CT molecular complexity index is 1210. The number of carbonyl (C=O) groups is 4. The summed E-state index contributed by atoms with van der Waals surface area (Å²) >= 11 is 0. The molecule has 2 aromatic carbocycles. The monoisotopic (exact) mass is 459 g/mol. The highest BCUT2D eigenvalue weighted by Gasteiger charge is 2.35. The van der Waals surface area contributed by atoms with E-state index in [9.17, 15) is 19.2 Å². The van der Waals surface area contributed by atoms with Crippen molar-refractivity contribution in [3.63, 3.8) is 0 Å². The van der Waals surface area contributed by atoms with E-state index in [2.05, 4.69) is 10.4 Å². The van der Waals surface area contributed by atoms with E-state index in [1.165, 1.54) is 10.9 Å². The fraction of sp³-hybridized carbons (Fsp3) is 0.240. The fourth-order valence-electron chi connectivity index (χ4n) is 3.92. The summed E-state index contributed by atoms with van der Waals surface area (Å²) in [5.41, 5.74) is 1.61. The van der Waals surface area contributed by atoms with Crippen LogP contribution >= 0.6 is 0 Å². The van der Waals surface area contributed by atoms with Gasteiger partial charge in [0.25, 0.3) is 17.7 Å². The number of nitrogens with one attached hydrogen (secondary N) is 1. The highest BCUT2D eigenvalue weighted by atomic mass is 16.2. The third-order valence-electron chi connectivity index (χ3n) is 5.75. The lowest BCUT2D eigenvalue weighted by atomic mass is 10.1. The van der Waals surface area contributed by atoms with Crippen molar-refractivity contribution in [1.29, 1.82) is 0 Å². The smallest absolute Gasteiger partial charge is 0.261 e. The molecule has 0 saturated heterocycles. The molecule has 9 nitrogen and oxygen atoms in total. The Kier molecular flexibility index (Phi) is 6.53. The zero-order chi connectivity index (χ0) is 24.2. The van der Waals surface area contributed by atoms with Crippen LogP contribution in [-0.4, -0.2) is 62.8 Å². The van der Waals surface area contributed by atoms with Crippen molar-refractivity contribution in [2.75, 3.05) is 25.0 Å². The van der Waals surface area contributed by atoms with E-state index in [0.717, 1.165) is 4.90 Å². The molecule has 0 fully saturated rings. The number of amides is 4. The van der Waals surface area contributed by atoms with Crippen LogP contribution in [0.4, 0.5) is 5.82 Å². The SMILES string of the molecule is CCN(CC)C(=O)c1cnn(-c2ccccc2)c1NC(=O)CCN1C(=O)c2ccccc2C1=O. The van der Waals surface area contributed by atoms with E-state index in [1.807, 2.05) is 44.2 Å². The van der Waals surface area contributed by atoms with Gasteiger partial charge in [-0.2, -0.15) is 5.10 Å². The molecule has 0 spiro atoms. The van der Waals surface area contributed by atoms with E-state index in [1.54, 1.807) is 29.2 Å². The molecule has 174 valence electrons. The summed E-state index contributed by atoms with van der Waals surface area (Å²) in [6.45, 7) is 4.71. The van der Waals surface area contributed by atoms with Crippen LogP contribution in [0.3, 0.4) is 0 Å². The fourth-order valence-corrected chi connectivity index (χ4v) is 3.92. The second-order valence-electron chi connectivity index (χ2n) is 7.74. The summed E-state index contributed by atoms with van der Waals surface area (Å²) < 4.78 is 1.50. The minimum Gasteiger partial charge on any atom is -0.339 e. The predicted molar refractivity (Wildman–Crippen MR) is 126 cm³/mol. The molecule has 0 unspecified atom stereocenters. The van der Waals surface area contributed by atoms with Crippen molar-refractivity contribution in [1.82, 2.24) is 19.6 Å². The first-order chi connectivity index (χ1) is 16.5. The van der Waals surface area contributed by atoms with Gasteiger partial charge in [0.15, 0.2) is 0 Å². The third-order valence-corrected chi connectivity index (χ3v) is 5.75. The molecule has 1 aliphatic rings. The van der Waals surface area contributed by atoms with Crippen LogP contribution in [0.1, 0.15) is 51.3 Å². The number of anilines is 1. The van der Waals surface area contributed by atoms with Crippen LogP contribution in [0.5, 0.6) is 0 Å². The minimum absolute atomic E-state index is 0.0724. The molecule has 2 heterocycles. The summed E-state index contributed by atoms with van der Waals surface area (Å²) in [6.07, 6.45) is 1.32. The molecule has 0 saturated carbocycles. The maximum Gasteiger partial charge on any atom is 0.261 e. The quantitative estimate of drug-likeness (QED) is 0.522. The second kappa shape index (κ2) is 9.70. The molecular formula is C25H25N5O4. The summed E-state index contributed by atoms with van der Waals surface area (Å²) in [4.78, 5) is 53.8. The summed E-state index contributed by atoms with van der Waals surface area (Å²) in [5, 5.41) is 7.12. The van der Waals surface area contributed by atoms with Crippen LogP contribution < -0.4 is 5.32 Å². The lowest BCUT2D eigenvalue weighted by molar-refractivity contribution is -0.116. The Labute approximate surface area is 197 Å². The van der Waals surface area contributed by atoms with E-state index < -0.39 is 17.7 Å². The van der Waals surface area contributed by atoms with Gasteiger partial charge < -0.3 is 10.2 Å². The van der Waals surface area contributed by atoms with Crippen molar-refractivity contribution in [3.8, 4) is 5.69 Å². The first-order valence-corrected chi connectivity index (χ1v) is 11.1. The lowest BCUT2D eigenvalue weighted by Gasteiger charge is -2.19. The Balaban J connectivity index is 1.55. The first kappa shape index (κ1) is 22.9. The molecular weight excluding hydrogens is 434 g/mol. The van der Waals surface area contributed by atoms with E-state index in [0.29, 0.717) is 29.9 Å². The molecule has 1 N–H and O–H groups in total. The van der Waals surface area contributed by atoms with Crippen LogP contribution in [0.2, 0.25) is 0 Å². The number of hydrogen-bond donors (Lipinski definition) is 1. The molecule has 0 aliphatic carbocycles. The van der Waals surface area contributed by atoms with Crippen molar-refractivity contribution < 1.29 is 19.2 Å². The Hall–Kier alpha value is -4.27. The summed E-state index contributed by atoms with van der Waals surface area (Å²) in [7, 11) is 0. The Morgan fingerprint density at radius 1 is 0.912 bits per heavy atom.